The molecule has 0 radical (unpaired) electrons. The summed E-state index contributed by atoms with van der Waals surface area (Å²) in [5.74, 6) is 0. The summed E-state index contributed by atoms with van der Waals surface area (Å²) in [4.78, 5) is 10.2. The summed E-state index contributed by atoms with van der Waals surface area (Å²) in [6.07, 6.45) is 0. The highest BCUT2D eigenvalue weighted by atomic mass is 35.5. The Bertz CT molecular complexity index is 419. The van der Waals surface area contributed by atoms with E-state index in [0.717, 1.165) is 0 Å². The van der Waals surface area contributed by atoms with E-state index in [-0.39, 0.29) is 11.3 Å². The van der Waals surface area contributed by atoms with Crippen LogP contribution in [0.3, 0.4) is 0 Å². The molecule has 0 unspecified atom stereocenters. The Hall–Kier alpha value is -0.990. The van der Waals surface area contributed by atoms with Gasteiger partial charge in [-0.15, -0.1) is 0 Å². The Morgan fingerprint density at radius 1 is 1.38 bits per heavy atom. The third-order valence-electron chi connectivity index (χ3n) is 1.00. The van der Waals surface area contributed by atoms with Crippen LogP contribution in [0.2, 0.25) is 5.28 Å². The summed E-state index contributed by atoms with van der Waals surface area (Å²) < 4.78 is 26.1. The predicted octanol–water partition coefficient (Wildman–Crippen LogP) is -0.819. The molecular weight excluding hydrogens is 220 g/mol. The average molecular weight is 225 g/mol. The molecule has 0 fully saturated rings. The molecule has 0 saturated carbocycles. The van der Waals surface area contributed by atoms with Crippen LogP contribution < -0.4 is 9.88 Å². The Morgan fingerprint density at radius 2 is 2.00 bits per heavy atom. The zero-order valence-corrected chi connectivity index (χ0v) is 8.00. The molecule has 0 amide bonds. The van der Waals surface area contributed by atoms with Gasteiger partial charge in [0, 0.05) is 0 Å². The number of primary sulfonamides is 1. The molecule has 1 aromatic heterocycles. The minimum Gasteiger partial charge on any atom is -0.467 e. The Balaban J connectivity index is 3.33. The molecule has 1 aromatic rings. The summed E-state index contributed by atoms with van der Waals surface area (Å²) in [7, 11) is -2.72. The van der Waals surface area contributed by atoms with Crippen LogP contribution >= 0.6 is 11.6 Å². The second kappa shape index (κ2) is 3.40. The summed E-state index contributed by atoms with van der Waals surface area (Å²) in [6, 6.07) is -0.205. The lowest BCUT2D eigenvalue weighted by molar-refractivity contribution is 0.371. The van der Waals surface area contributed by atoms with Crippen molar-refractivity contribution in [2.75, 3.05) is 7.11 Å². The number of ether oxygens (including phenoxy) is 1. The average Bonchev–Trinajstić information content (AvgIpc) is 2.01. The van der Waals surface area contributed by atoms with Crippen molar-refractivity contribution >= 4 is 21.6 Å². The van der Waals surface area contributed by atoms with Gasteiger partial charge in [-0.1, -0.05) is 0 Å². The second-order valence-electron chi connectivity index (χ2n) is 1.92. The molecule has 72 valence electrons. The van der Waals surface area contributed by atoms with Crippen LogP contribution in [0.5, 0.6) is 6.01 Å². The Kier molecular flexibility index (Phi) is 2.64. The van der Waals surface area contributed by atoms with E-state index in [4.69, 9.17) is 16.7 Å². The summed E-state index contributed by atoms with van der Waals surface area (Å²) >= 11 is 5.37. The Morgan fingerprint density at radius 3 is 2.46 bits per heavy atom. The first-order chi connectivity index (χ1) is 5.93. The molecule has 0 aliphatic carbocycles. The van der Waals surface area contributed by atoms with Crippen LogP contribution in [0.15, 0.2) is 5.16 Å². The molecular formula is C4H5ClN4O3S. The zero-order valence-electron chi connectivity index (χ0n) is 6.43. The fourth-order valence-corrected chi connectivity index (χ4v) is 1.15. The monoisotopic (exact) mass is 224 g/mol. The number of methoxy groups -OCH3 is 1. The largest absolute Gasteiger partial charge is 0.467 e. The number of aromatic nitrogens is 3. The predicted molar refractivity (Wildman–Crippen MR) is 42.8 cm³/mol. The van der Waals surface area contributed by atoms with E-state index in [1.807, 2.05) is 0 Å². The summed E-state index contributed by atoms with van der Waals surface area (Å²) in [6.45, 7) is 0. The third kappa shape index (κ3) is 2.47. The van der Waals surface area contributed by atoms with Crippen molar-refractivity contribution in [1.82, 2.24) is 15.0 Å². The van der Waals surface area contributed by atoms with Gasteiger partial charge in [0.2, 0.25) is 5.28 Å². The van der Waals surface area contributed by atoms with Crippen molar-refractivity contribution in [3.63, 3.8) is 0 Å². The highest BCUT2D eigenvalue weighted by Crippen LogP contribution is 2.09. The normalized spacial score (nSPS) is 11.3. The van der Waals surface area contributed by atoms with E-state index >= 15 is 0 Å². The van der Waals surface area contributed by atoms with E-state index in [2.05, 4.69) is 19.7 Å². The van der Waals surface area contributed by atoms with E-state index < -0.39 is 15.2 Å². The van der Waals surface area contributed by atoms with Gasteiger partial charge in [0.15, 0.2) is 0 Å². The first-order valence-corrected chi connectivity index (χ1v) is 4.84. The lowest BCUT2D eigenvalue weighted by Crippen LogP contribution is -2.17. The minimum atomic E-state index is -3.98. The first kappa shape index (κ1) is 10.1. The number of hydrogen-bond acceptors (Lipinski definition) is 6. The van der Waals surface area contributed by atoms with Gasteiger partial charge in [0.05, 0.1) is 7.11 Å². The van der Waals surface area contributed by atoms with Gasteiger partial charge in [-0.2, -0.15) is 15.0 Å². The van der Waals surface area contributed by atoms with E-state index in [1.54, 1.807) is 0 Å². The minimum absolute atomic E-state index is 0.205. The van der Waals surface area contributed by atoms with Crippen LogP contribution in [0.4, 0.5) is 0 Å². The Labute approximate surface area is 79.0 Å². The SMILES string of the molecule is COc1nc(Cl)nc(S(N)(=O)=O)n1. The fourth-order valence-electron chi connectivity index (χ4n) is 0.533. The van der Waals surface area contributed by atoms with Gasteiger partial charge < -0.3 is 4.74 Å². The van der Waals surface area contributed by atoms with Crippen molar-refractivity contribution in [2.45, 2.75) is 5.16 Å². The molecule has 1 rings (SSSR count). The maximum absolute atomic E-state index is 10.8. The molecule has 0 aliphatic heterocycles. The maximum Gasteiger partial charge on any atom is 0.321 e. The van der Waals surface area contributed by atoms with E-state index in [9.17, 15) is 8.42 Å². The van der Waals surface area contributed by atoms with Crippen molar-refractivity contribution in [3.8, 4) is 6.01 Å². The molecule has 2 N–H and O–H groups in total. The van der Waals surface area contributed by atoms with Crippen LogP contribution in [0.25, 0.3) is 0 Å². The molecule has 0 spiro atoms. The molecule has 0 aliphatic rings. The van der Waals surface area contributed by atoms with Crippen molar-refractivity contribution in [1.29, 1.82) is 0 Å². The molecule has 1 heterocycles. The van der Waals surface area contributed by atoms with Crippen LogP contribution in [0, 0.1) is 0 Å². The summed E-state index contributed by atoms with van der Waals surface area (Å²) in [5.41, 5.74) is 0. The summed E-state index contributed by atoms with van der Waals surface area (Å²) in [5, 5.41) is 3.84. The lowest BCUT2D eigenvalue weighted by atomic mass is 11.0. The lowest BCUT2D eigenvalue weighted by Gasteiger charge is -1.99. The van der Waals surface area contributed by atoms with Gasteiger partial charge in [0.25, 0.3) is 15.2 Å². The number of nitrogens with two attached hydrogens (primary N) is 1. The number of sulfonamides is 1. The van der Waals surface area contributed by atoms with Crippen molar-refractivity contribution in [3.05, 3.63) is 5.28 Å². The maximum atomic E-state index is 10.8. The van der Waals surface area contributed by atoms with Gasteiger partial charge in [-0.05, 0) is 11.6 Å². The van der Waals surface area contributed by atoms with Crippen molar-refractivity contribution < 1.29 is 13.2 Å². The standard InChI is InChI=1S/C4H5ClN4O3S/c1-12-3-7-2(5)8-4(9-3)13(6,10)11/h1H3,(H2,6,10,11). The van der Waals surface area contributed by atoms with E-state index in [1.165, 1.54) is 7.11 Å². The molecule has 7 nitrogen and oxygen atoms in total. The molecule has 0 bridgehead atoms. The number of rotatable bonds is 2. The quantitative estimate of drug-likeness (QED) is 0.703. The molecule has 0 aromatic carbocycles. The van der Waals surface area contributed by atoms with Gasteiger partial charge in [-0.3, -0.25) is 0 Å². The number of hydrogen-bond donors (Lipinski definition) is 1. The number of nitrogens with zero attached hydrogens (tertiary/aromatic N) is 3. The van der Waals surface area contributed by atoms with Crippen LogP contribution in [-0.2, 0) is 10.0 Å². The fraction of sp³-hybridized carbons (Fsp3) is 0.250. The van der Waals surface area contributed by atoms with Crippen LogP contribution in [0.1, 0.15) is 0 Å². The zero-order chi connectivity index (χ0) is 10.1. The topological polar surface area (TPSA) is 108 Å². The highest BCUT2D eigenvalue weighted by molar-refractivity contribution is 7.89. The molecule has 13 heavy (non-hydrogen) atoms. The van der Waals surface area contributed by atoms with Gasteiger partial charge in [0.1, 0.15) is 0 Å². The first-order valence-electron chi connectivity index (χ1n) is 2.92. The molecule has 0 saturated heterocycles. The third-order valence-corrected chi connectivity index (χ3v) is 1.86. The van der Waals surface area contributed by atoms with Gasteiger partial charge in [-0.25, -0.2) is 13.6 Å². The highest BCUT2D eigenvalue weighted by Gasteiger charge is 2.15. The van der Waals surface area contributed by atoms with Gasteiger partial charge >= 0.3 is 6.01 Å². The van der Waals surface area contributed by atoms with Crippen molar-refractivity contribution in [2.24, 2.45) is 5.14 Å². The van der Waals surface area contributed by atoms with Crippen LogP contribution in [-0.4, -0.2) is 30.5 Å². The smallest absolute Gasteiger partial charge is 0.321 e. The molecule has 9 heteroatoms. The number of halogens is 1. The second-order valence-corrected chi connectivity index (χ2v) is 3.71. The molecule has 0 atom stereocenters. The van der Waals surface area contributed by atoms with E-state index in [0.29, 0.717) is 0 Å².